The average Bonchev–Trinajstić information content (AvgIpc) is 3.62. The average molecular weight is 929 g/mol. The number of hydrogen-bond donors (Lipinski definition) is 0. The third-order valence-electron chi connectivity index (χ3n) is 10.0. The molecule has 0 aromatic carbocycles. The summed E-state index contributed by atoms with van der Waals surface area (Å²) in [7, 11) is 0. The molecule has 2 aliphatic carbocycles. The van der Waals surface area contributed by atoms with Gasteiger partial charge in [-0.2, -0.15) is 0 Å². The van der Waals surface area contributed by atoms with E-state index in [0.717, 1.165) is 32.6 Å². The molecule has 0 aromatic heterocycles. The van der Waals surface area contributed by atoms with Crippen LogP contribution in [0.2, 0.25) is 0 Å². The Morgan fingerprint density at radius 3 is 0.828 bits per heavy atom. The summed E-state index contributed by atoms with van der Waals surface area (Å²) in [6.45, 7) is 61.5. The van der Waals surface area contributed by atoms with E-state index >= 15 is 0 Å². The highest BCUT2D eigenvalue weighted by Gasteiger charge is 2.27. The molecule has 2 rings (SSSR count). The smallest absolute Gasteiger partial charge is 0.0308 e. The van der Waals surface area contributed by atoms with Gasteiger partial charge in [0.15, 0.2) is 0 Å². The molecule has 0 N–H and O–H groups in total. The normalized spacial score (nSPS) is 23.8. The largest absolute Gasteiger partial charge is 0.0654 e. The molecule has 2 fully saturated rings. The summed E-state index contributed by atoms with van der Waals surface area (Å²) in [5.41, 5.74) is -2.20. The molecule has 0 saturated heterocycles. The molecule has 2 saturated carbocycles. The molecular weight excluding hydrogens is 769 g/mol. The van der Waals surface area contributed by atoms with E-state index in [0.29, 0.717) is 0 Å². The first-order valence-electron chi connectivity index (χ1n) is 34.9. The molecule has 1 unspecified atom stereocenters. The van der Waals surface area contributed by atoms with Crippen LogP contribution in [-0.4, -0.2) is 0 Å². The van der Waals surface area contributed by atoms with Crippen LogP contribution < -0.4 is 0 Å². The van der Waals surface area contributed by atoms with Crippen molar-refractivity contribution in [2.45, 2.75) is 338 Å². The van der Waals surface area contributed by atoms with Crippen LogP contribution in [0.5, 0.6) is 0 Å². The molecule has 1 atom stereocenters. The fraction of sp³-hybridized carbons (Fsp3) is 1.00. The van der Waals surface area contributed by atoms with Crippen molar-refractivity contribution in [2.75, 3.05) is 0 Å². The first kappa shape index (κ1) is 42.8. The van der Waals surface area contributed by atoms with Crippen LogP contribution in [0.1, 0.15) is 364 Å². The maximum Gasteiger partial charge on any atom is 0.0308 e. The van der Waals surface area contributed by atoms with Gasteiger partial charge in [-0.3, -0.25) is 0 Å². The molecule has 64 heavy (non-hydrogen) atoms. The fourth-order valence-electron chi connectivity index (χ4n) is 6.02. The highest BCUT2D eigenvalue weighted by atomic mass is 14.3. The van der Waals surface area contributed by atoms with Crippen LogP contribution in [0.15, 0.2) is 0 Å². The van der Waals surface area contributed by atoms with E-state index in [4.69, 9.17) is 26.0 Å². The van der Waals surface area contributed by atoms with E-state index in [1.54, 1.807) is 48.5 Å². The highest BCUT2D eigenvalue weighted by Crippen LogP contribution is 2.39. The molecule has 0 aliphatic heterocycles. The van der Waals surface area contributed by atoms with Crippen molar-refractivity contribution in [1.82, 2.24) is 0 Å². The number of hydrogen-bond acceptors (Lipinski definition) is 0. The quantitative estimate of drug-likeness (QED) is 0.265. The first-order valence-corrected chi connectivity index (χ1v) is 25.4. The fourth-order valence-corrected chi connectivity index (χ4v) is 6.02. The predicted molar refractivity (Wildman–Crippen MR) is 307 cm³/mol. The van der Waals surface area contributed by atoms with Crippen LogP contribution in [-0.2, 0) is 0 Å². The van der Waals surface area contributed by atoms with Crippen LogP contribution in [0, 0.1) is 78.2 Å². The second kappa shape index (κ2) is 34.3. The summed E-state index contributed by atoms with van der Waals surface area (Å²) in [4.78, 5) is 0. The zero-order valence-electron chi connectivity index (χ0n) is 69.9. The molecule has 2 aliphatic rings. The van der Waals surface area contributed by atoms with Gasteiger partial charge in [-0.1, -0.05) is 293 Å². The summed E-state index contributed by atoms with van der Waals surface area (Å²) in [6, 6.07) is 0. The second-order valence-electron chi connectivity index (χ2n) is 27.9. The lowest BCUT2D eigenvalue weighted by atomic mass is 9.72. The summed E-state index contributed by atoms with van der Waals surface area (Å²) >= 11 is 0. The van der Waals surface area contributed by atoms with Crippen LogP contribution in [0.25, 0.3) is 0 Å². The molecular formula is C64H140. The summed E-state index contributed by atoms with van der Waals surface area (Å²) < 4.78 is 144. The predicted octanol–water partition coefficient (Wildman–Crippen LogP) is 24.4. The summed E-state index contributed by atoms with van der Waals surface area (Å²) in [6.07, 6.45) is 1.93. The monoisotopic (exact) mass is 928 g/mol. The zero-order chi connectivity index (χ0) is 69.9. The molecule has 0 nitrogen and oxygen atoms in total. The maximum atomic E-state index is 8.27. The topological polar surface area (TPSA) is 0 Å². The van der Waals surface area contributed by atoms with Crippen molar-refractivity contribution in [3.05, 3.63) is 0 Å². The molecule has 0 heterocycles. The maximum absolute atomic E-state index is 8.27. The Labute approximate surface area is 441 Å². The Kier molecular flexibility index (Phi) is 23.0. The first-order chi connectivity index (χ1) is 34.9. The van der Waals surface area contributed by atoms with E-state index < -0.39 is 61.8 Å². The van der Waals surface area contributed by atoms with Gasteiger partial charge in [0.25, 0.3) is 0 Å². The van der Waals surface area contributed by atoms with Gasteiger partial charge in [0.1, 0.15) is 0 Å². The van der Waals surface area contributed by atoms with Crippen molar-refractivity contribution in [2.24, 2.45) is 78.2 Å². The van der Waals surface area contributed by atoms with Gasteiger partial charge in [-0.15, -0.1) is 0 Å². The lowest BCUT2D eigenvalue weighted by Gasteiger charge is -2.33. The van der Waals surface area contributed by atoms with Crippen molar-refractivity contribution in [3.8, 4) is 0 Å². The Bertz CT molecular complexity index is 1590. The van der Waals surface area contributed by atoms with Crippen molar-refractivity contribution in [3.63, 3.8) is 0 Å². The Hall–Kier alpha value is 0. The van der Waals surface area contributed by atoms with E-state index in [1.807, 2.05) is 111 Å². The minimum Gasteiger partial charge on any atom is -0.0654 e. The van der Waals surface area contributed by atoms with Gasteiger partial charge >= 0.3 is 0 Å². The van der Waals surface area contributed by atoms with Gasteiger partial charge in [-0.25, -0.2) is 0 Å². The van der Waals surface area contributed by atoms with Crippen molar-refractivity contribution >= 4 is 0 Å². The Morgan fingerprint density at radius 1 is 0.469 bits per heavy atom. The van der Waals surface area contributed by atoms with Crippen molar-refractivity contribution < 1.29 is 26.0 Å². The van der Waals surface area contributed by atoms with Gasteiger partial charge in [0.2, 0.25) is 0 Å². The number of rotatable bonds is 3. The third-order valence-corrected chi connectivity index (χ3v) is 10.0. The van der Waals surface area contributed by atoms with Crippen LogP contribution in [0.4, 0.5) is 0 Å². The molecule has 0 amide bonds. The highest BCUT2D eigenvalue weighted by molar-refractivity contribution is 4.79. The molecule has 0 radical (unpaired) electrons. The lowest BCUT2D eigenvalue weighted by Crippen LogP contribution is -2.22. The molecule has 396 valence electrons. The third kappa shape index (κ3) is 66.3. The minimum atomic E-state index is -2.64. The summed E-state index contributed by atoms with van der Waals surface area (Å²) in [5.74, 6) is -2.58. The van der Waals surface area contributed by atoms with E-state index in [2.05, 4.69) is 62.3 Å². The minimum absolute atomic E-state index is 0.0903. The summed E-state index contributed by atoms with van der Waals surface area (Å²) in [5, 5.41) is 0. The molecule has 0 heteroatoms. The molecule has 0 bridgehead atoms. The van der Waals surface area contributed by atoms with Crippen LogP contribution in [0.3, 0.4) is 0 Å². The molecule has 0 spiro atoms. The lowest BCUT2D eigenvalue weighted by molar-refractivity contribution is 0.180. The van der Waals surface area contributed by atoms with Crippen LogP contribution >= 0.6 is 0 Å². The Morgan fingerprint density at radius 2 is 0.766 bits per heavy atom. The SMILES string of the molecule is [2H]C(C)(C)C(C)(C)C.[2H]C([2H])(C(C)(C)C)C(C)(C)C.[2H]C([2H])(C(C)C)C(C)(C)C.[2H]C([2H])(C)C(C)(C)C.[2H]C([2H])(C)C([2H])([2H])C(C)(C)C.[2H]C([2H])([2H])C([2H])(C([2H])([2H])C)C(C)(C)C.[2H]C1(C(C)(C)C)CCCC1.[2H]C1(C(C)(C)C)CCCCC1. The van der Waals surface area contributed by atoms with Gasteiger partial charge in [-0.05, 0) is 123 Å². The molecule has 0 aromatic rings. The van der Waals surface area contributed by atoms with Gasteiger partial charge < -0.3 is 0 Å². The zero-order valence-corrected chi connectivity index (χ0v) is 50.9. The second-order valence-corrected chi connectivity index (χ2v) is 27.9. The van der Waals surface area contributed by atoms with Gasteiger partial charge in [0, 0.05) is 26.0 Å². The standard InChI is InChI=1S/C10H20.C9H18.C9H20.2C8H18.2C7H16.C6H14/c1-10(2,3)9-7-5-4-6-8-9;1-9(2,3)8-6-4-5-7-8;1-8(2,3)7-9(4,5)6;1-7(2)6-8(3,4)5;1-6-7(2)8(3,4)5;1-6(2)7(3,4)5;1-5-6-7(2,3)4;1-5-6(2,3)4/h9H,4-8H2,1-3H3;8H,4-7H2,1-3H3;7H2,1-6H3;2*7H,6H2,1-5H3;6H,1-5H3;5-6H2,1-4H3;5H2,1-4H3/i9D;8D;7D2;6D2;2D3,6D2,7D;6D;5D2,6D2;5D2. The Balaban J connectivity index is -0.000000205. The van der Waals surface area contributed by atoms with E-state index in [9.17, 15) is 0 Å². The van der Waals surface area contributed by atoms with Crippen molar-refractivity contribution in [1.29, 1.82) is 0 Å². The van der Waals surface area contributed by atoms with E-state index in [1.165, 1.54) is 39.0 Å². The van der Waals surface area contributed by atoms with E-state index in [-0.39, 0.29) is 61.5 Å². The van der Waals surface area contributed by atoms with Gasteiger partial charge in [0.05, 0.1) is 0 Å².